The molecule has 0 spiro atoms. The third-order valence-corrected chi connectivity index (χ3v) is 3.77. The van der Waals surface area contributed by atoms with Gasteiger partial charge in [-0.25, -0.2) is 4.79 Å². The molecule has 1 saturated heterocycles. The van der Waals surface area contributed by atoms with Gasteiger partial charge in [-0.2, -0.15) is 0 Å². The van der Waals surface area contributed by atoms with Crippen molar-refractivity contribution in [3.63, 3.8) is 0 Å². The van der Waals surface area contributed by atoms with Crippen molar-refractivity contribution in [2.45, 2.75) is 39.2 Å². The van der Waals surface area contributed by atoms with Crippen molar-refractivity contribution in [2.75, 3.05) is 46.5 Å². The number of aliphatic hydroxyl groups excluding tert-OH is 1. The molecule has 0 radical (unpaired) electrons. The van der Waals surface area contributed by atoms with Crippen LogP contribution in [0.15, 0.2) is 4.99 Å². The first kappa shape index (κ1) is 20.5. The molecule has 24 heavy (non-hydrogen) atoms. The van der Waals surface area contributed by atoms with E-state index in [0.29, 0.717) is 38.6 Å². The minimum absolute atomic E-state index is 0.0405. The Morgan fingerprint density at radius 1 is 1.29 bits per heavy atom. The van der Waals surface area contributed by atoms with Crippen molar-refractivity contribution in [2.24, 2.45) is 10.4 Å². The molecule has 0 bridgehead atoms. The van der Waals surface area contributed by atoms with Crippen LogP contribution in [0.4, 0.5) is 4.79 Å². The van der Waals surface area contributed by atoms with E-state index in [0.717, 1.165) is 13.0 Å². The Labute approximate surface area is 144 Å². The number of guanidine groups is 1. The molecule has 0 aromatic carbocycles. The second-order valence-corrected chi connectivity index (χ2v) is 7.06. The van der Waals surface area contributed by atoms with Gasteiger partial charge in [-0.1, -0.05) is 0 Å². The topological polar surface area (TPSA) is 104 Å². The summed E-state index contributed by atoms with van der Waals surface area (Å²) in [7, 11) is 1.69. The summed E-state index contributed by atoms with van der Waals surface area (Å²) in [6.07, 6.45) is 1.20. The van der Waals surface area contributed by atoms with Crippen LogP contribution in [0.2, 0.25) is 0 Å². The summed E-state index contributed by atoms with van der Waals surface area (Å²) in [5.41, 5.74) is -0.541. The highest BCUT2D eigenvalue weighted by Crippen LogP contribution is 2.31. The highest BCUT2D eigenvalue weighted by atomic mass is 16.6. The third kappa shape index (κ3) is 7.83. The Balaban J connectivity index is 2.27. The molecule has 1 aliphatic heterocycles. The maximum absolute atomic E-state index is 11.5. The number of hydrogen-bond donors (Lipinski definition) is 4. The van der Waals surface area contributed by atoms with E-state index in [1.165, 1.54) is 0 Å². The Hall–Kier alpha value is -1.54. The van der Waals surface area contributed by atoms with Gasteiger partial charge in [-0.3, -0.25) is 4.99 Å². The molecule has 8 nitrogen and oxygen atoms in total. The first-order valence-corrected chi connectivity index (χ1v) is 8.40. The van der Waals surface area contributed by atoms with Crippen molar-refractivity contribution >= 4 is 12.1 Å². The molecule has 140 valence electrons. The molecule has 0 aromatic rings. The summed E-state index contributed by atoms with van der Waals surface area (Å²) < 4.78 is 10.6. The summed E-state index contributed by atoms with van der Waals surface area (Å²) >= 11 is 0. The fourth-order valence-corrected chi connectivity index (χ4v) is 2.46. The van der Waals surface area contributed by atoms with Crippen molar-refractivity contribution in [3.8, 4) is 0 Å². The van der Waals surface area contributed by atoms with Gasteiger partial charge in [-0.05, 0) is 33.6 Å². The normalized spacial score (nSPS) is 21.5. The zero-order valence-corrected chi connectivity index (χ0v) is 15.3. The minimum Gasteiger partial charge on any atom is -0.444 e. The molecule has 1 aliphatic rings. The molecule has 8 heteroatoms. The lowest BCUT2D eigenvalue weighted by Gasteiger charge is -2.27. The molecule has 1 rings (SSSR count). The zero-order valence-electron chi connectivity index (χ0n) is 15.3. The van der Waals surface area contributed by atoms with Crippen molar-refractivity contribution in [3.05, 3.63) is 0 Å². The maximum atomic E-state index is 11.5. The van der Waals surface area contributed by atoms with Gasteiger partial charge in [0.15, 0.2) is 5.96 Å². The Kier molecular flexibility index (Phi) is 8.27. The highest BCUT2D eigenvalue weighted by molar-refractivity contribution is 5.79. The molecule has 0 saturated carbocycles. The molecule has 1 amide bonds. The number of amides is 1. The Morgan fingerprint density at radius 2 is 2.00 bits per heavy atom. The van der Waals surface area contributed by atoms with E-state index in [2.05, 4.69) is 20.9 Å². The average molecular weight is 344 g/mol. The fraction of sp³-hybridized carbons (Fsp3) is 0.875. The lowest BCUT2D eigenvalue weighted by molar-refractivity contribution is 0.0529. The zero-order chi connectivity index (χ0) is 18.1. The van der Waals surface area contributed by atoms with Gasteiger partial charge in [0, 0.05) is 45.3 Å². The van der Waals surface area contributed by atoms with Crippen LogP contribution in [0.1, 0.15) is 33.6 Å². The Morgan fingerprint density at radius 3 is 2.54 bits per heavy atom. The van der Waals surface area contributed by atoms with E-state index in [4.69, 9.17) is 9.47 Å². The second kappa shape index (κ2) is 9.68. The van der Waals surface area contributed by atoms with Gasteiger partial charge in [0.05, 0.1) is 6.61 Å². The van der Waals surface area contributed by atoms with Crippen LogP contribution in [-0.2, 0) is 9.47 Å². The van der Waals surface area contributed by atoms with Gasteiger partial charge in [-0.15, -0.1) is 0 Å². The predicted octanol–water partition coefficient (Wildman–Crippen LogP) is 0.465. The van der Waals surface area contributed by atoms with Crippen molar-refractivity contribution in [1.29, 1.82) is 0 Å². The summed E-state index contributed by atoms with van der Waals surface area (Å²) in [5.74, 6) is 0.658. The van der Waals surface area contributed by atoms with Gasteiger partial charge in [0.25, 0.3) is 0 Å². The number of carbonyl (C=O) groups excluding carboxylic acids is 1. The molecule has 1 fully saturated rings. The number of nitrogens with one attached hydrogen (secondary N) is 3. The summed E-state index contributed by atoms with van der Waals surface area (Å²) in [4.78, 5) is 15.7. The standard InChI is InChI=1S/C16H32N4O4/c1-15(2,3)24-14(22)19-8-7-18-13(17-4)20-11-16(5-9-21)6-10-23-12-16/h21H,5-12H2,1-4H3,(H,19,22)(H2,17,18,20). The number of ether oxygens (including phenoxy) is 2. The average Bonchev–Trinajstić information content (AvgIpc) is 2.94. The largest absolute Gasteiger partial charge is 0.444 e. The highest BCUT2D eigenvalue weighted by Gasteiger charge is 2.34. The molecule has 0 aromatic heterocycles. The third-order valence-electron chi connectivity index (χ3n) is 3.77. The van der Waals surface area contributed by atoms with Crippen molar-refractivity contribution < 1.29 is 19.4 Å². The van der Waals surface area contributed by atoms with Gasteiger partial charge in [0.1, 0.15) is 5.60 Å². The summed E-state index contributed by atoms with van der Waals surface area (Å²) in [5, 5.41) is 18.3. The molecular formula is C16H32N4O4. The number of nitrogens with zero attached hydrogens (tertiary/aromatic N) is 1. The monoisotopic (exact) mass is 344 g/mol. The summed E-state index contributed by atoms with van der Waals surface area (Å²) in [6.45, 7) is 8.65. The lowest BCUT2D eigenvalue weighted by atomic mass is 9.84. The number of rotatable bonds is 7. The second-order valence-electron chi connectivity index (χ2n) is 7.06. The number of carbonyl (C=O) groups is 1. The Bertz CT molecular complexity index is 415. The lowest BCUT2D eigenvalue weighted by Crippen LogP contribution is -2.46. The van der Waals surface area contributed by atoms with Crippen LogP contribution in [0.3, 0.4) is 0 Å². The first-order valence-electron chi connectivity index (χ1n) is 8.40. The molecular weight excluding hydrogens is 312 g/mol. The van der Waals surface area contributed by atoms with E-state index < -0.39 is 11.7 Å². The van der Waals surface area contributed by atoms with E-state index >= 15 is 0 Å². The smallest absolute Gasteiger partial charge is 0.407 e. The van der Waals surface area contributed by atoms with Crippen LogP contribution in [-0.4, -0.2) is 69.3 Å². The number of hydrogen-bond acceptors (Lipinski definition) is 5. The predicted molar refractivity (Wildman–Crippen MR) is 93.2 cm³/mol. The van der Waals surface area contributed by atoms with Gasteiger partial charge < -0.3 is 30.5 Å². The molecule has 1 heterocycles. The van der Waals surface area contributed by atoms with E-state index in [-0.39, 0.29) is 12.0 Å². The fourth-order valence-electron chi connectivity index (χ4n) is 2.46. The van der Waals surface area contributed by atoms with Gasteiger partial charge >= 0.3 is 6.09 Å². The first-order chi connectivity index (χ1) is 11.3. The molecule has 0 aliphatic carbocycles. The van der Waals surface area contributed by atoms with E-state index in [1.54, 1.807) is 7.05 Å². The molecule has 1 atom stereocenters. The van der Waals surface area contributed by atoms with Crippen LogP contribution in [0.5, 0.6) is 0 Å². The van der Waals surface area contributed by atoms with E-state index in [1.807, 2.05) is 20.8 Å². The maximum Gasteiger partial charge on any atom is 0.407 e. The van der Waals surface area contributed by atoms with Gasteiger partial charge in [0.2, 0.25) is 0 Å². The van der Waals surface area contributed by atoms with E-state index in [9.17, 15) is 9.90 Å². The van der Waals surface area contributed by atoms with Crippen LogP contribution in [0.25, 0.3) is 0 Å². The number of alkyl carbamates (subject to hydrolysis) is 1. The van der Waals surface area contributed by atoms with Crippen molar-refractivity contribution in [1.82, 2.24) is 16.0 Å². The number of aliphatic hydroxyl groups is 1. The summed E-state index contributed by atoms with van der Waals surface area (Å²) in [6, 6.07) is 0. The van der Waals surface area contributed by atoms with Crippen LogP contribution in [0, 0.1) is 5.41 Å². The van der Waals surface area contributed by atoms with Crippen LogP contribution < -0.4 is 16.0 Å². The number of aliphatic imine (C=N–C) groups is 1. The molecule has 4 N–H and O–H groups in total. The SMILES string of the molecule is CN=C(NCCNC(=O)OC(C)(C)C)NCC1(CCO)CCOC1. The molecule has 1 unspecified atom stereocenters. The minimum atomic E-state index is -0.501. The van der Waals surface area contributed by atoms with Crippen LogP contribution >= 0.6 is 0 Å². The quantitative estimate of drug-likeness (QED) is 0.304.